The Hall–Kier alpha value is -4.77. The molecular weight excluding hydrogens is 496 g/mol. The summed E-state index contributed by atoms with van der Waals surface area (Å²) in [4.78, 5) is 28.4. The van der Waals surface area contributed by atoms with Gasteiger partial charge in [0.2, 0.25) is 0 Å². The molecule has 0 radical (unpaired) electrons. The average molecular weight is 527 g/mol. The van der Waals surface area contributed by atoms with Crippen molar-refractivity contribution in [2.75, 3.05) is 11.9 Å². The van der Waals surface area contributed by atoms with Gasteiger partial charge in [-0.3, -0.25) is 14.9 Å². The Morgan fingerprint density at radius 1 is 0.825 bits per heavy atom. The second kappa shape index (κ2) is 9.45. The van der Waals surface area contributed by atoms with Gasteiger partial charge in [0.15, 0.2) is 5.78 Å². The van der Waals surface area contributed by atoms with Crippen molar-refractivity contribution in [1.29, 1.82) is 0 Å². The van der Waals surface area contributed by atoms with Crippen LogP contribution in [0.25, 0.3) is 11.1 Å². The first kappa shape index (κ1) is 25.5. The molecule has 1 spiro atoms. The van der Waals surface area contributed by atoms with Crippen molar-refractivity contribution in [2.24, 2.45) is 5.92 Å². The van der Waals surface area contributed by atoms with Crippen molar-refractivity contribution in [3.05, 3.63) is 154 Å². The molecule has 40 heavy (non-hydrogen) atoms. The van der Waals surface area contributed by atoms with Crippen molar-refractivity contribution in [2.45, 2.75) is 24.8 Å². The van der Waals surface area contributed by atoms with E-state index in [9.17, 15) is 14.9 Å². The molecule has 0 unspecified atom stereocenters. The fourth-order valence-corrected chi connectivity index (χ4v) is 6.73. The Kier molecular flexibility index (Phi) is 6.03. The van der Waals surface area contributed by atoms with Gasteiger partial charge in [-0.2, -0.15) is 0 Å². The van der Waals surface area contributed by atoms with Crippen LogP contribution in [0, 0.1) is 16.0 Å². The fourth-order valence-electron chi connectivity index (χ4n) is 6.73. The van der Waals surface area contributed by atoms with Crippen LogP contribution in [-0.2, 0) is 5.41 Å². The molecule has 0 aromatic heterocycles. The predicted octanol–water partition coefficient (Wildman–Crippen LogP) is 7.74. The van der Waals surface area contributed by atoms with Crippen molar-refractivity contribution >= 4 is 28.3 Å². The van der Waals surface area contributed by atoms with Crippen LogP contribution < -0.4 is 4.90 Å². The van der Waals surface area contributed by atoms with E-state index in [2.05, 4.69) is 55.2 Å². The number of anilines is 1. The lowest BCUT2D eigenvalue weighted by molar-refractivity contribution is -0.384. The van der Waals surface area contributed by atoms with Crippen molar-refractivity contribution in [1.82, 2.24) is 0 Å². The first-order valence-corrected chi connectivity index (χ1v) is 13.4. The highest BCUT2D eigenvalue weighted by Crippen LogP contribution is 2.60. The van der Waals surface area contributed by atoms with Gasteiger partial charge in [-0.15, -0.1) is 0 Å². The van der Waals surface area contributed by atoms with Crippen LogP contribution in [-0.4, -0.2) is 23.3 Å². The lowest BCUT2D eigenvalue weighted by Crippen LogP contribution is -2.61. The van der Waals surface area contributed by atoms with Gasteiger partial charge in [0.25, 0.3) is 5.69 Å². The predicted molar refractivity (Wildman–Crippen MR) is 160 cm³/mol. The zero-order valence-corrected chi connectivity index (χ0v) is 22.7. The van der Waals surface area contributed by atoms with Gasteiger partial charge in [-0.25, -0.2) is 0 Å². The quantitative estimate of drug-likeness (QED) is 0.152. The number of benzene rings is 4. The monoisotopic (exact) mass is 526 g/mol. The third-order valence-corrected chi connectivity index (χ3v) is 8.75. The number of hydrogen-bond acceptors (Lipinski definition) is 4. The molecule has 1 heterocycles. The van der Waals surface area contributed by atoms with Crippen molar-refractivity contribution in [3.8, 4) is 0 Å². The van der Waals surface area contributed by atoms with Gasteiger partial charge in [0.1, 0.15) is 0 Å². The molecular formula is C35H30N2O3. The van der Waals surface area contributed by atoms with Crippen LogP contribution in [0.2, 0.25) is 0 Å². The second-order valence-corrected chi connectivity index (χ2v) is 11.1. The minimum atomic E-state index is -0.859. The fraction of sp³-hybridized carbons (Fsp3) is 0.171. The smallest absolute Gasteiger partial charge is 0.269 e. The number of carbonyl (C=O) groups is 1. The molecule has 0 bridgehead atoms. The van der Waals surface area contributed by atoms with Gasteiger partial charge in [-0.1, -0.05) is 105 Å². The Bertz CT molecular complexity index is 1670. The zero-order chi connectivity index (χ0) is 28.1. The normalized spacial score (nSPS) is 21.0. The first-order chi connectivity index (χ1) is 19.3. The Balaban J connectivity index is 1.69. The maximum absolute atomic E-state index is 14.7. The van der Waals surface area contributed by atoms with Crippen LogP contribution >= 0.6 is 0 Å². The topological polar surface area (TPSA) is 63.4 Å². The number of likely N-dealkylation sites (N-methyl/N-ethyl adjacent to an activating group) is 1. The van der Waals surface area contributed by atoms with Gasteiger partial charge in [0, 0.05) is 35.8 Å². The van der Waals surface area contributed by atoms with E-state index in [0.29, 0.717) is 5.56 Å². The summed E-state index contributed by atoms with van der Waals surface area (Å²) in [5.74, 6) is -0.572. The van der Waals surface area contributed by atoms with Gasteiger partial charge < -0.3 is 4.90 Å². The molecule has 5 nitrogen and oxygen atoms in total. The molecule has 6 rings (SSSR count). The number of fused-ring (bicyclic) bond motifs is 1. The molecule has 1 aliphatic heterocycles. The molecule has 2 atom stereocenters. The molecule has 5 heteroatoms. The average Bonchev–Trinajstić information content (AvgIpc) is 3.15. The zero-order valence-electron chi connectivity index (χ0n) is 22.7. The molecule has 2 aliphatic rings. The summed E-state index contributed by atoms with van der Waals surface area (Å²) in [5, 5.41) is 11.8. The van der Waals surface area contributed by atoms with Crippen LogP contribution in [0.5, 0.6) is 0 Å². The number of nitro benzene ring substituents is 1. The number of allylic oxidation sites excluding steroid dienone is 2. The van der Waals surface area contributed by atoms with E-state index in [1.165, 1.54) is 0 Å². The molecule has 0 saturated heterocycles. The lowest BCUT2D eigenvalue weighted by atomic mass is 9.57. The van der Waals surface area contributed by atoms with E-state index in [4.69, 9.17) is 0 Å². The van der Waals surface area contributed by atoms with E-state index in [-0.39, 0.29) is 16.4 Å². The molecule has 198 valence electrons. The van der Waals surface area contributed by atoms with E-state index in [0.717, 1.165) is 33.5 Å². The highest BCUT2D eigenvalue weighted by molar-refractivity contribution is 6.10. The molecule has 0 amide bonds. The molecule has 4 aromatic carbocycles. The summed E-state index contributed by atoms with van der Waals surface area (Å²) in [6.45, 7) is 4.22. The number of nitro groups is 1. The third kappa shape index (κ3) is 3.73. The molecule has 0 fully saturated rings. The number of rotatable bonds is 5. The van der Waals surface area contributed by atoms with E-state index < -0.39 is 16.9 Å². The van der Waals surface area contributed by atoms with Gasteiger partial charge in [0.05, 0.1) is 16.4 Å². The number of ketones is 1. The Labute approximate surface area is 234 Å². The molecule has 0 saturated carbocycles. The molecule has 1 aliphatic carbocycles. The highest BCUT2D eigenvalue weighted by Gasteiger charge is 2.62. The minimum absolute atomic E-state index is 0.0151. The molecule has 4 aromatic rings. The summed E-state index contributed by atoms with van der Waals surface area (Å²) in [7, 11) is 2.01. The lowest BCUT2D eigenvalue weighted by Gasteiger charge is -2.52. The minimum Gasteiger partial charge on any atom is -0.363 e. The van der Waals surface area contributed by atoms with E-state index >= 15 is 0 Å². The van der Waals surface area contributed by atoms with Crippen LogP contribution in [0.15, 0.2) is 121 Å². The number of non-ortho nitro benzene ring substituents is 1. The SMILES string of the molecule is CN1c2ccc([N+](=O)[O-])cc2C(C)(C)[C@@]12C=C(c1ccccc1)C=C(c1ccccc1)[C@@H]2C(=O)c1ccccc1. The van der Waals surface area contributed by atoms with Crippen LogP contribution in [0.1, 0.15) is 40.9 Å². The Morgan fingerprint density at radius 2 is 1.40 bits per heavy atom. The van der Waals surface area contributed by atoms with Crippen molar-refractivity contribution in [3.63, 3.8) is 0 Å². The summed E-state index contributed by atoms with van der Waals surface area (Å²) < 4.78 is 0. The van der Waals surface area contributed by atoms with E-state index in [1.807, 2.05) is 79.8 Å². The summed E-state index contributed by atoms with van der Waals surface area (Å²) >= 11 is 0. The maximum Gasteiger partial charge on any atom is 0.269 e. The second-order valence-electron chi connectivity index (χ2n) is 11.1. The largest absolute Gasteiger partial charge is 0.363 e. The molecule has 0 N–H and O–H groups in total. The third-order valence-electron chi connectivity index (χ3n) is 8.75. The van der Waals surface area contributed by atoms with Gasteiger partial charge >= 0.3 is 0 Å². The van der Waals surface area contributed by atoms with Crippen LogP contribution in [0.4, 0.5) is 11.4 Å². The number of nitrogens with zero attached hydrogens (tertiary/aromatic N) is 2. The number of carbonyl (C=O) groups excluding carboxylic acids is 1. The standard InChI is InChI=1S/C35H30N2O3/c1-34(2)30-22-28(37(39)40)19-20-31(30)36(3)35(34)23-27(24-13-7-4-8-14-24)21-29(25-15-9-5-10-16-25)32(35)33(38)26-17-11-6-12-18-26/h4-23,32H,1-3H3/t32-,35+/m1/s1. The Morgan fingerprint density at radius 3 is 2.00 bits per heavy atom. The van der Waals surface area contributed by atoms with E-state index in [1.54, 1.807) is 12.1 Å². The summed E-state index contributed by atoms with van der Waals surface area (Å²) in [6.07, 6.45) is 4.38. The summed E-state index contributed by atoms with van der Waals surface area (Å²) in [6, 6.07) is 34.8. The number of Topliss-reactive ketones (excluding diaryl/α,β-unsaturated/α-hetero) is 1. The van der Waals surface area contributed by atoms with Gasteiger partial charge in [-0.05, 0) is 46.1 Å². The first-order valence-electron chi connectivity index (χ1n) is 13.4. The van der Waals surface area contributed by atoms with Crippen LogP contribution in [0.3, 0.4) is 0 Å². The number of hydrogen-bond donors (Lipinski definition) is 0. The maximum atomic E-state index is 14.7. The summed E-state index contributed by atoms with van der Waals surface area (Å²) in [5.41, 5.74) is 4.86. The van der Waals surface area contributed by atoms with Crippen molar-refractivity contribution < 1.29 is 9.72 Å². The highest BCUT2D eigenvalue weighted by atomic mass is 16.6.